The molecule has 1 heterocycles. The topological polar surface area (TPSA) is 35.2 Å². The van der Waals surface area contributed by atoms with Crippen LogP contribution in [0.3, 0.4) is 0 Å². The van der Waals surface area contributed by atoms with Gasteiger partial charge in [0.05, 0.1) is 6.61 Å². The summed E-state index contributed by atoms with van der Waals surface area (Å²) in [6.45, 7) is 1.64. The average molecular weight is 198 g/mol. The van der Waals surface area contributed by atoms with Crippen LogP contribution in [0.2, 0.25) is 5.02 Å². The second kappa shape index (κ2) is 3.56. The molecular weight excluding hydrogens is 186 g/mol. The van der Waals surface area contributed by atoms with Gasteiger partial charge >= 0.3 is 0 Å². The third-order valence-corrected chi connectivity index (χ3v) is 2.56. The van der Waals surface area contributed by atoms with Crippen molar-refractivity contribution in [3.8, 4) is 0 Å². The molecule has 13 heavy (non-hydrogen) atoms. The first-order valence-corrected chi connectivity index (χ1v) is 4.77. The summed E-state index contributed by atoms with van der Waals surface area (Å²) in [4.78, 5) is 0. The van der Waals surface area contributed by atoms with Gasteiger partial charge in [-0.1, -0.05) is 11.6 Å². The molecule has 3 heteroatoms. The molecule has 0 saturated carbocycles. The van der Waals surface area contributed by atoms with Crippen LogP contribution in [-0.2, 0) is 4.74 Å². The van der Waals surface area contributed by atoms with Gasteiger partial charge in [0, 0.05) is 23.2 Å². The molecule has 0 amide bonds. The standard InChI is InChI=1S/C10H12ClNO/c11-9-3-8(4-10(12)5-9)7-1-2-13-6-7/h3-5,7H,1-2,6,12H2/t7-/m0/s1. The summed E-state index contributed by atoms with van der Waals surface area (Å²) >= 11 is 5.91. The number of ether oxygens (including phenoxy) is 1. The number of hydrogen-bond donors (Lipinski definition) is 1. The highest BCUT2D eigenvalue weighted by atomic mass is 35.5. The highest BCUT2D eigenvalue weighted by Gasteiger charge is 2.18. The lowest BCUT2D eigenvalue weighted by Crippen LogP contribution is -1.98. The van der Waals surface area contributed by atoms with Crippen LogP contribution in [0.25, 0.3) is 0 Å². The molecule has 1 aromatic rings. The van der Waals surface area contributed by atoms with Crippen molar-refractivity contribution in [3.05, 3.63) is 28.8 Å². The molecule has 2 nitrogen and oxygen atoms in total. The van der Waals surface area contributed by atoms with Crippen molar-refractivity contribution < 1.29 is 4.74 Å². The van der Waals surface area contributed by atoms with Crippen molar-refractivity contribution in [2.75, 3.05) is 18.9 Å². The Hall–Kier alpha value is -0.730. The molecule has 0 spiro atoms. The molecule has 1 aliphatic rings. The maximum atomic E-state index is 5.91. The lowest BCUT2D eigenvalue weighted by atomic mass is 9.98. The molecule has 0 bridgehead atoms. The van der Waals surface area contributed by atoms with Gasteiger partial charge in [0.1, 0.15) is 0 Å². The van der Waals surface area contributed by atoms with E-state index in [4.69, 9.17) is 22.1 Å². The highest BCUT2D eigenvalue weighted by Crippen LogP contribution is 2.28. The number of benzene rings is 1. The number of hydrogen-bond acceptors (Lipinski definition) is 2. The van der Waals surface area contributed by atoms with E-state index in [-0.39, 0.29) is 0 Å². The largest absolute Gasteiger partial charge is 0.399 e. The smallest absolute Gasteiger partial charge is 0.0535 e. The van der Waals surface area contributed by atoms with E-state index in [1.807, 2.05) is 12.1 Å². The Balaban J connectivity index is 2.28. The zero-order chi connectivity index (χ0) is 9.26. The fourth-order valence-electron chi connectivity index (χ4n) is 1.67. The second-order valence-corrected chi connectivity index (χ2v) is 3.81. The Labute approximate surface area is 82.6 Å². The fourth-order valence-corrected chi connectivity index (χ4v) is 1.92. The number of rotatable bonds is 1. The van der Waals surface area contributed by atoms with Gasteiger partial charge in [-0.15, -0.1) is 0 Å². The van der Waals surface area contributed by atoms with E-state index in [9.17, 15) is 0 Å². The third kappa shape index (κ3) is 1.95. The molecule has 1 aromatic carbocycles. The van der Waals surface area contributed by atoms with Crippen LogP contribution in [0.4, 0.5) is 5.69 Å². The van der Waals surface area contributed by atoms with Crippen molar-refractivity contribution in [2.45, 2.75) is 12.3 Å². The summed E-state index contributed by atoms with van der Waals surface area (Å²) in [6, 6.07) is 5.71. The minimum atomic E-state index is 0.473. The SMILES string of the molecule is Nc1cc(Cl)cc([C@H]2CCOC2)c1. The second-order valence-electron chi connectivity index (χ2n) is 3.38. The van der Waals surface area contributed by atoms with E-state index in [1.54, 1.807) is 6.07 Å². The summed E-state index contributed by atoms with van der Waals surface area (Å²) in [5.74, 6) is 0.473. The molecular formula is C10H12ClNO. The van der Waals surface area contributed by atoms with Crippen molar-refractivity contribution in [1.29, 1.82) is 0 Å². The van der Waals surface area contributed by atoms with Crippen LogP contribution in [-0.4, -0.2) is 13.2 Å². The van der Waals surface area contributed by atoms with Gasteiger partial charge in [-0.25, -0.2) is 0 Å². The molecule has 0 aliphatic carbocycles. The maximum absolute atomic E-state index is 5.91. The average Bonchev–Trinajstić information content (AvgIpc) is 2.53. The van der Waals surface area contributed by atoms with E-state index < -0.39 is 0 Å². The molecule has 0 radical (unpaired) electrons. The van der Waals surface area contributed by atoms with E-state index in [1.165, 1.54) is 5.56 Å². The van der Waals surface area contributed by atoms with Crippen LogP contribution >= 0.6 is 11.6 Å². The molecule has 1 aliphatic heterocycles. The molecule has 1 saturated heterocycles. The van der Waals surface area contributed by atoms with Crippen LogP contribution < -0.4 is 5.73 Å². The Morgan fingerprint density at radius 3 is 2.85 bits per heavy atom. The van der Waals surface area contributed by atoms with Crippen LogP contribution in [0.15, 0.2) is 18.2 Å². The molecule has 70 valence electrons. The van der Waals surface area contributed by atoms with Gasteiger partial charge in [-0.05, 0) is 30.2 Å². The van der Waals surface area contributed by atoms with Crippen LogP contribution in [0, 0.1) is 0 Å². The maximum Gasteiger partial charge on any atom is 0.0535 e. The van der Waals surface area contributed by atoms with E-state index >= 15 is 0 Å². The van der Waals surface area contributed by atoms with Crippen molar-refractivity contribution in [2.24, 2.45) is 0 Å². The fraction of sp³-hybridized carbons (Fsp3) is 0.400. The van der Waals surface area contributed by atoms with Crippen molar-refractivity contribution >= 4 is 17.3 Å². The van der Waals surface area contributed by atoms with Gasteiger partial charge in [-0.2, -0.15) is 0 Å². The molecule has 2 rings (SSSR count). The number of halogens is 1. The normalized spacial score (nSPS) is 22.1. The van der Waals surface area contributed by atoms with Crippen molar-refractivity contribution in [3.63, 3.8) is 0 Å². The Morgan fingerprint density at radius 2 is 2.23 bits per heavy atom. The number of nitrogens with two attached hydrogens (primary N) is 1. The van der Waals surface area contributed by atoms with Gasteiger partial charge in [-0.3, -0.25) is 0 Å². The zero-order valence-electron chi connectivity index (χ0n) is 7.29. The van der Waals surface area contributed by atoms with Gasteiger partial charge < -0.3 is 10.5 Å². The predicted octanol–water partition coefficient (Wildman–Crippen LogP) is 2.43. The zero-order valence-corrected chi connectivity index (χ0v) is 8.05. The minimum Gasteiger partial charge on any atom is -0.399 e. The van der Waals surface area contributed by atoms with Gasteiger partial charge in [0.2, 0.25) is 0 Å². The minimum absolute atomic E-state index is 0.473. The lowest BCUT2D eigenvalue weighted by Gasteiger charge is -2.09. The number of nitrogen functional groups attached to an aromatic ring is 1. The first-order chi connectivity index (χ1) is 6.25. The third-order valence-electron chi connectivity index (χ3n) is 2.34. The molecule has 0 aromatic heterocycles. The van der Waals surface area contributed by atoms with Crippen LogP contribution in [0.5, 0.6) is 0 Å². The molecule has 2 N–H and O–H groups in total. The number of anilines is 1. The lowest BCUT2D eigenvalue weighted by molar-refractivity contribution is 0.194. The molecule has 0 unspecified atom stereocenters. The quantitative estimate of drug-likeness (QED) is 0.702. The molecule has 1 fully saturated rings. The first kappa shape index (κ1) is 8.85. The summed E-state index contributed by atoms with van der Waals surface area (Å²) in [6.07, 6.45) is 1.07. The van der Waals surface area contributed by atoms with Gasteiger partial charge in [0.15, 0.2) is 0 Å². The summed E-state index contributed by atoms with van der Waals surface area (Å²) in [7, 11) is 0. The summed E-state index contributed by atoms with van der Waals surface area (Å²) < 4.78 is 5.31. The van der Waals surface area contributed by atoms with E-state index in [0.29, 0.717) is 10.9 Å². The summed E-state index contributed by atoms with van der Waals surface area (Å²) in [5, 5.41) is 0.710. The predicted molar refractivity (Wildman–Crippen MR) is 54.0 cm³/mol. The van der Waals surface area contributed by atoms with E-state index in [2.05, 4.69) is 0 Å². The monoisotopic (exact) mass is 197 g/mol. The van der Waals surface area contributed by atoms with Gasteiger partial charge in [0.25, 0.3) is 0 Å². The highest BCUT2D eigenvalue weighted by molar-refractivity contribution is 6.30. The first-order valence-electron chi connectivity index (χ1n) is 4.39. The molecule has 1 atom stereocenters. The van der Waals surface area contributed by atoms with Crippen molar-refractivity contribution in [1.82, 2.24) is 0 Å². The Bertz CT molecular complexity index is 288. The Kier molecular flexibility index (Phi) is 2.42. The van der Waals surface area contributed by atoms with Crippen LogP contribution in [0.1, 0.15) is 17.9 Å². The van der Waals surface area contributed by atoms with E-state index in [0.717, 1.165) is 25.3 Å². The summed E-state index contributed by atoms with van der Waals surface area (Å²) in [5.41, 5.74) is 7.63. The Morgan fingerprint density at radius 1 is 1.38 bits per heavy atom.